The van der Waals surface area contributed by atoms with Crippen LogP contribution in [0, 0.1) is 13.8 Å². The summed E-state index contributed by atoms with van der Waals surface area (Å²) >= 11 is 0. The maximum Gasteiger partial charge on any atom is 0.228 e. The van der Waals surface area contributed by atoms with Gasteiger partial charge in [0.25, 0.3) is 0 Å². The normalized spacial score (nSPS) is 10.3. The van der Waals surface area contributed by atoms with E-state index in [0.717, 1.165) is 22.4 Å². The molecular weight excluding hydrogens is 248 g/mol. The first-order chi connectivity index (χ1) is 9.60. The summed E-state index contributed by atoms with van der Waals surface area (Å²) in [6, 6.07) is 13.7. The summed E-state index contributed by atoms with van der Waals surface area (Å²) in [4.78, 5) is 12.1. The van der Waals surface area contributed by atoms with Gasteiger partial charge in [-0.25, -0.2) is 0 Å². The largest absolute Gasteiger partial charge is 0.326 e. The molecule has 2 aromatic carbocycles. The molecule has 0 unspecified atom stereocenters. The van der Waals surface area contributed by atoms with E-state index in [0.29, 0.717) is 13.0 Å². The van der Waals surface area contributed by atoms with E-state index in [2.05, 4.69) is 5.32 Å². The van der Waals surface area contributed by atoms with E-state index >= 15 is 0 Å². The fourth-order valence-electron chi connectivity index (χ4n) is 2.06. The second-order valence-corrected chi connectivity index (χ2v) is 4.99. The van der Waals surface area contributed by atoms with Crippen LogP contribution in [-0.4, -0.2) is 5.91 Å². The number of carbonyl (C=O) groups excluding carboxylic acids is 1. The van der Waals surface area contributed by atoms with Gasteiger partial charge in [0.15, 0.2) is 0 Å². The highest BCUT2D eigenvalue weighted by Crippen LogP contribution is 2.18. The van der Waals surface area contributed by atoms with E-state index in [1.54, 1.807) is 0 Å². The van der Waals surface area contributed by atoms with Crippen molar-refractivity contribution in [3.63, 3.8) is 0 Å². The zero-order valence-electron chi connectivity index (χ0n) is 11.9. The third kappa shape index (κ3) is 3.45. The number of amides is 1. The fraction of sp³-hybridized carbons (Fsp3) is 0.235. The molecule has 1 amide bonds. The molecule has 0 aliphatic rings. The number of benzene rings is 2. The monoisotopic (exact) mass is 268 g/mol. The molecule has 3 nitrogen and oxygen atoms in total. The van der Waals surface area contributed by atoms with Crippen molar-refractivity contribution in [2.45, 2.75) is 26.8 Å². The summed E-state index contributed by atoms with van der Waals surface area (Å²) in [7, 11) is 0. The van der Waals surface area contributed by atoms with Crippen LogP contribution in [0.15, 0.2) is 42.5 Å². The summed E-state index contributed by atoms with van der Waals surface area (Å²) in [5, 5.41) is 2.96. The van der Waals surface area contributed by atoms with Gasteiger partial charge in [0, 0.05) is 12.2 Å². The number of nitrogens with two attached hydrogens (primary N) is 1. The fourth-order valence-corrected chi connectivity index (χ4v) is 2.06. The van der Waals surface area contributed by atoms with Gasteiger partial charge in [-0.3, -0.25) is 4.79 Å². The summed E-state index contributed by atoms with van der Waals surface area (Å²) in [5.41, 5.74) is 10.8. The van der Waals surface area contributed by atoms with Crippen molar-refractivity contribution in [3.8, 4) is 0 Å². The molecule has 3 heteroatoms. The standard InChI is InChI=1S/C17H20N2O/c1-12-4-3-5-16(13(12)2)19-17(20)10-14-6-8-15(11-18)9-7-14/h3-9H,10-11,18H2,1-2H3,(H,19,20). The van der Waals surface area contributed by atoms with Crippen LogP contribution >= 0.6 is 0 Å². The van der Waals surface area contributed by atoms with E-state index < -0.39 is 0 Å². The van der Waals surface area contributed by atoms with Gasteiger partial charge in [-0.05, 0) is 42.2 Å². The lowest BCUT2D eigenvalue weighted by atomic mass is 10.1. The number of anilines is 1. The topological polar surface area (TPSA) is 55.1 Å². The lowest BCUT2D eigenvalue weighted by molar-refractivity contribution is -0.115. The molecule has 0 aliphatic heterocycles. The first kappa shape index (κ1) is 14.3. The molecule has 0 saturated carbocycles. The van der Waals surface area contributed by atoms with Crippen molar-refractivity contribution < 1.29 is 4.79 Å². The van der Waals surface area contributed by atoms with Crippen molar-refractivity contribution in [1.82, 2.24) is 0 Å². The molecule has 3 N–H and O–H groups in total. The van der Waals surface area contributed by atoms with Gasteiger partial charge in [0.2, 0.25) is 5.91 Å². The average Bonchev–Trinajstić information content (AvgIpc) is 2.45. The molecular formula is C17H20N2O. The van der Waals surface area contributed by atoms with Crippen LogP contribution in [0.1, 0.15) is 22.3 Å². The average molecular weight is 268 g/mol. The van der Waals surface area contributed by atoms with Crippen molar-refractivity contribution in [2.24, 2.45) is 5.73 Å². The van der Waals surface area contributed by atoms with Crippen LogP contribution in [-0.2, 0) is 17.8 Å². The van der Waals surface area contributed by atoms with Crippen LogP contribution < -0.4 is 11.1 Å². The van der Waals surface area contributed by atoms with Crippen molar-refractivity contribution in [3.05, 3.63) is 64.7 Å². The zero-order chi connectivity index (χ0) is 14.5. The van der Waals surface area contributed by atoms with E-state index in [1.165, 1.54) is 5.56 Å². The maximum atomic E-state index is 12.1. The summed E-state index contributed by atoms with van der Waals surface area (Å²) in [6.07, 6.45) is 0.373. The highest BCUT2D eigenvalue weighted by Gasteiger charge is 2.07. The lowest BCUT2D eigenvalue weighted by Gasteiger charge is -2.10. The van der Waals surface area contributed by atoms with E-state index in [-0.39, 0.29) is 5.91 Å². The molecule has 104 valence electrons. The minimum atomic E-state index is -0.000742. The first-order valence-electron chi connectivity index (χ1n) is 6.74. The van der Waals surface area contributed by atoms with Crippen molar-refractivity contribution in [2.75, 3.05) is 5.32 Å². The highest BCUT2D eigenvalue weighted by molar-refractivity contribution is 5.93. The molecule has 0 fully saturated rings. The molecule has 0 saturated heterocycles. The Morgan fingerprint density at radius 2 is 1.70 bits per heavy atom. The van der Waals surface area contributed by atoms with E-state index in [4.69, 9.17) is 5.73 Å². The molecule has 20 heavy (non-hydrogen) atoms. The number of rotatable bonds is 4. The van der Waals surface area contributed by atoms with E-state index in [1.807, 2.05) is 56.3 Å². The van der Waals surface area contributed by atoms with Gasteiger partial charge < -0.3 is 11.1 Å². The van der Waals surface area contributed by atoms with Crippen LogP contribution in [0.4, 0.5) is 5.69 Å². The minimum absolute atomic E-state index is 0.000742. The van der Waals surface area contributed by atoms with Gasteiger partial charge in [-0.1, -0.05) is 36.4 Å². The van der Waals surface area contributed by atoms with Crippen LogP contribution in [0.2, 0.25) is 0 Å². The quantitative estimate of drug-likeness (QED) is 0.895. The SMILES string of the molecule is Cc1cccc(NC(=O)Cc2ccc(CN)cc2)c1C. The van der Waals surface area contributed by atoms with Crippen LogP contribution in [0.5, 0.6) is 0 Å². The minimum Gasteiger partial charge on any atom is -0.326 e. The summed E-state index contributed by atoms with van der Waals surface area (Å²) in [6.45, 7) is 4.58. The lowest BCUT2D eigenvalue weighted by Crippen LogP contribution is -2.15. The number of hydrogen-bond donors (Lipinski definition) is 2. The molecule has 0 radical (unpaired) electrons. The van der Waals surface area contributed by atoms with Crippen molar-refractivity contribution in [1.29, 1.82) is 0 Å². The van der Waals surface area contributed by atoms with Gasteiger partial charge in [-0.2, -0.15) is 0 Å². The number of hydrogen-bond acceptors (Lipinski definition) is 2. The first-order valence-corrected chi connectivity index (χ1v) is 6.74. The predicted octanol–water partition coefficient (Wildman–Crippen LogP) is 2.94. The van der Waals surface area contributed by atoms with E-state index in [9.17, 15) is 4.79 Å². The highest BCUT2D eigenvalue weighted by atomic mass is 16.1. The third-order valence-electron chi connectivity index (χ3n) is 3.50. The molecule has 2 aromatic rings. The smallest absolute Gasteiger partial charge is 0.228 e. The molecule has 0 aromatic heterocycles. The molecule has 0 bridgehead atoms. The summed E-state index contributed by atoms with van der Waals surface area (Å²) in [5.74, 6) is -0.000742. The predicted molar refractivity (Wildman–Crippen MR) is 82.6 cm³/mol. The third-order valence-corrected chi connectivity index (χ3v) is 3.50. The molecule has 0 spiro atoms. The summed E-state index contributed by atoms with van der Waals surface area (Å²) < 4.78 is 0. The Labute approximate surface area is 119 Å². The number of aryl methyl sites for hydroxylation is 1. The molecule has 0 aliphatic carbocycles. The van der Waals surface area contributed by atoms with Gasteiger partial charge >= 0.3 is 0 Å². The Bertz CT molecular complexity index is 603. The Morgan fingerprint density at radius 3 is 2.35 bits per heavy atom. The molecule has 2 rings (SSSR count). The number of nitrogens with one attached hydrogen (secondary N) is 1. The van der Waals surface area contributed by atoms with Crippen LogP contribution in [0.3, 0.4) is 0 Å². The Balaban J connectivity index is 2.03. The Kier molecular flexibility index (Phi) is 4.53. The second-order valence-electron chi connectivity index (χ2n) is 4.99. The van der Waals surface area contributed by atoms with Gasteiger partial charge in [0.1, 0.15) is 0 Å². The molecule has 0 heterocycles. The van der Waals surface area contributed by atoms with Crippen molar-refractivity contribution >= 4 is 11.6 Å². The number of carbonyl (C=O) groups is 1. The Morgan fingerprint density at radius 1 is 1.05 bits per heavy atom. The van der Waals surface area contributed by atoms with Gasteiger partial charge in [0.05, 0.1) is 6.42 Å². The molecule has 0 atom stereocenters. The Hall–Kier alpha value is -2.13. The maximum absolute atomic E-state index is 12.1. The second kappa shape index (κ2) is 6.35. The van der Waals surface area contributed by atoms with Crippen LogP contribution in [0.25, 0.3) is 0 Å². The zero-order valence-corrected chi connectivity index (χ0v) is 11.9. The van der Waals surface area contributed by atoms with Gasteiger partial charge in [-0.15, -0.1) is 0 Å².